The number of Topliss-reactive ketones (excluding diaryl/α,β-unsaturated/α-hetero) is 1. The van der Waals surface area contributed by atoms with Gasteiger partial charge in [0.2, 0.25) is 0 Å². The number of allylic oxidation sites excluding steroid dienone is 4. The summed E-state index contributed by atoms with van der Waals surface area (Å²) in [6.07, 6.45) is 10.5. The van der Waals surface area contributed by atoms with Crippen LogP contribution in [-0.2, 0) is 4.79 Å². The maximum absolute atomic E-state index is 12.4. The number of dihydropyridines is 1. The van der Waals surface area contributed by atoms with E-state index in [1.165, 1.54) is 0 Å². The number of ketones is 1. The normalized spacial score (nSPS) is 41.3. The number of hydrogen-bond acceptors (Lipinski definition) is 3. The summed E-state index contributed by atoms with van der Waals surface area (Å²) in [5, 5.41) is 10.4. The first-order valence-corrected chi connectivity index (χ1v) is 6.62. The lowest BCUT2D eigenvalue weighted by Gasteiger charge is -2.41. The first kappa shape index (κ1) is 11.9. The van der Waals surface area contributed by atoms with Gasteiger partial charge in [-0.3, -0.25) is 9.79 Å². The first-order valence-electron chi connectivity index (χ1n) is 6.09. The van der Waals surface area contributed by atoms with E-state index in [0.29, 0.717) is 5.88 Å². The predicted octanol–water partition coefficient (Wildman–Crippen LogP) is 1.52. The van der Waals surface area contributed by atoms with Gasteiger partial charge in [-0.2, -0.15) is 0 Å². The predicted molar refractivity (Wildman–Crippen MR) is 70.8 cm³/mol. The maximum Gasteiger partial charge on any atom is 0.165 e. The summed E-state index contributed by atoms with van der Waals surface area (Å²) in [6, 6.07) is -0.454. The van der Waals surface area contributed by atoms with Crippen LogP contribution in [0.1, 0.15) is 0 Å². The van der Waals surface area contributed by atoms with E-state index >= 15 is 0 Å². The molecule has 1 N–H and O–H groups in total. The molecule has 1 heterocycles. The largest absolute Gasteiger partial charge is 0.392 e. The molecule has 3 nitrogen and oxygen atoms in total. The standard InChI is InChI=1S/C14H14ClNO2/c15-6-8-5-11-12(16-7-8)14(18)10-4-2-1-3-9(10)13(11)17/h1-5,7,9-13,17H,6H2. The van der Waals surface area contributed by atoms with Crippen molar-refractivity contribution in [3.8, 4) is 0 Å². The number of aliphatic hydroxyl groups is 1. The molecule has 1 fully saturated rings. The molecule has 0 amide bonds. The van der Waals surface area contributed by atoms with Crippen LogP contribution in [0.25, 0.3) is 0 Å². The van der Waals surface area contributed by atoms with E-state index in [2.05, 4.69) is 4.99 Å². The minimum atomic E-state index is -0.574. The first-order chi connectivity index (χ1) is 8.72. The summed E-state index contributed by atoms with van der Waals surface area (Å²) in [5.74, 6) is -0.165. The average Bonchev–Trinajstić information content (AvgIpc) is 2.44. The summed E-state index contributed by atoms with van der Waals surface area (Å²) in [6.45, 7) is 0. The number of aliphatic imine (C=N–C) groups is 1. The molecular formula is C14H14ClNO2. The van der Waals surface area contributed by atoms with E-state index in [-0.39, 0.29) is 23.5 Å². The van der Waals surface area contributed by atoms with Crippen LogP contribution >= 0.6 is 11.6 Å². The van der Waals surface area contributed by atoms with Crippen molar-refractivity contribution < 1.29 is 9.90 Å². The third kappa shape index (κ3) is 1.70. The zero-order valence-corrected chi connectivity index (χ0v) is 10.5. The lowest BCUT2D eigenvalue weighted by molar-refractivity contribution is -0.131. The molecule has 0 aromatic rings. The average molecular weight is 264 g/mol. The Bertz CT molecular complexity index is 492. The highest BCUT2D eigenvalue weighted by Gasteiger charge is 2.48. The topological polar surface area (TPSA) is 49.7 Å². The summed E-state index contributed by atoms with van der Waals surface area (Å²) < 4.78 is 0. The number of nitrogens with zero attached hydrogens (tertiary/aromatic N) is 1. The van der Waals surface area contributed by atoms with Crippen molar-refractivity contribution in [1.29, 1.82) is 0 Å². The number of fused-ring (bicyclic) bond motifs is 2. The second-order valence-electron chi connectivity index (χ2n) is 4.94. The molecule has 1 aliphatic heterocycles. The van der Waals surface area contributed by atoms with E-state index in [9.17, 15) is 9.90 Å². The molecule has 4 heteroatoms. The van der Waals surface area contributed by atoms with Crippen LogP contribution in [-0.4, -0.2) is 35.1 Å². The molecule has 0 radical (unpaired) electrons. The third-order valence-electron chi connectivity index (χ3n) is 3.91. The highest BCUT2D eigenvalue weighted by Crippen LogP contribution is 2.39. The second kappa shape index (κ2) is 4.48. The van der Waals surface area contributed by atoms with Gasteiger partial charge in [-0.1, -0.05) is 30.4 Å². The summed E-state index contributed by atoms with van der Waals surface area (Å²) in [4.78, 5) is 16.6. The Morgan fingerprint density at radius 1 is 1.28 bits per heavy atom. The highest BCUT2D eigenvalue weighted by molar-refractivity contribution is 6.21. The summed E-state index contributed by atoms with van der Waals surface area (Å²) in [7, 11) is 0. The fraction of sp³-hybridized carbons (Fsp3) is 0.429. The molecule has 5 unspecified atom stereocenters. The van der Waals surface area contributed by atoms with E-state index in [4.69, 9.17) is 11.6 Å². The van der Waals surface area contributed by atoms with E-state index in [0.717, 1.165) is 5.57 Å². The monoisotopic (exact) mass is 263 g/mol. The van der Waals surface area contributed by atoms with Gasteiger partial charge in [0.15, 0.2) is 5.78 Å². The molecule has 0 aromatic carbocycles. The van der Waals surface area contributed by atoms with Gasteiger partial charge in [0.1, 0.15) is 6.04 Å². The van der Waals surface area contributed by atoms with Gasteiger partial charge in [-0.25, -0.2) is 0 Å². The molecule has 0 spiro atoms. The zero-order chi connectivity index (χ0) is 12.7. The Balaban J connectivity index is 1.97. The number of hydrogen-bond donors (Lipinski definition) is 1. The van der Waals surface area contributed by atoms with Crippen LogP contribution in [0.5, 0.6) is 0 Å². The molecule has 3 aliphatic rings. The molecule has 0 saturated heterocycles. The number of carbonyl (C=O) groups is 1. The summed E-state index contributed by atoms with van der Waals surface area (Å²) >= 11 is 5.78. The molecule has 18 heavy (non-hydrogen) atoms. The molecule has 94 valence electrons. The van der Waals surface area contributed by atoms with E-state index in [1.54, 1.807) is 6.21 Å². The third-order valence-corrected chi connectivity index (χ3v) is 4.22. The Kier molecular flexibility index (Phi) is 2.96. The van der Waals surface area contributed by atoms with Crippen LogP contribution in [0.2, 0.25) is 0 Å². The van der Waals surface area contributed by atoms with Crippen molar-refractivity contribution in [3.63, 3.8) is 0 Å². The van der Waals surface area contributed by atoms with E-state index < -0.39 is 12.1 Å². The van der Waals surface area contributed by atoms with E-state index in [1.807, 2.05) is 30.4 Å². The Hall–Kier alpha value is -1.19. The van der Waals surface area contributed by atoms with Crippen molar-refractivity contribution >= 4 is 23.6 Å². The van der Waals surface area contributed by atoms with Crippen molar-refractivity contribution in [2.75, 3.05) is 5.88 Å². The lowest BCUT2D eigenvalue weighted by Crippen LogP contribution is -2.52. The van der Waals surface area contributed by atoms with Gasteiger partial charge >= 0.3 is 0 Å². The van der Waals surface area contributed by atoms with Crippen LogP contribution in [0.15, 0.2) is 40.9 Å². The van der Waals surface area contributed by atoms with Crippen molar-refractivity contribution in [3.05, 3.63) is 36.0 Å². The second-order valence-corrected chi connectivity index (χ2v) is 5.21. The molecule has 0 bridgehead atoms. The SMILES string of the molecule is O=C1C2C=CC=CC2C(O)C2C=C(CCl)C=NC12. The van der Waals surface area contributed by atoms with Gasteiger partial charge < -0.3 is 5.11 Å². The Labute approximate surface area is 111 Å². The van der Waals surface area contributed by atoms with Gasteiger partial charge in [-0.05, 0) is 5.57 Å². The van der Waals surface area contributed by atoms with Crippen molar-refractivity contribution in [2.45, 2.75) is 12.1 Å². The molecule has 0 aromatic heterocycles. The van der Waals surface area contributed by atoms with Crippen LogP contribution in [0, 0.1) is 17.8 Å². The van der Waals surface area contributed by atoms with Crippen molar-refractivity contribution in [1.82, 2.24) is 0 Å². The Morgan fingerprint density at radius 2 is 2.06 bits per heavy atom. The fourth-order valence-electron chi connectivity index (χ4n) is 2.97. The quantitative estimate of drug-likeness (QED) is 0.730. The molecule has 2 aliphatic carbocycles. The molecule has 3 rings (SSSR count). The highest BCUT2D eigenvalue weighted by atomic mass is 35.5. The van der Waals surface area contributed by atoms with Gasteiger partial charge in [0.25, 0.3) is 0 Å². The lowest BCUT2D eigenvalue weighted by atomic mass is 9.66. The number of rotatable bonds is 1. The molecule has 1 saturated carbocycles. The molecular weight excluding hydrogens is 250 g/mol. The number of halogens is 1. The maximum atomic E-state index is 12.4. The Morgan fingerprint density at radius 3 is 2.83 bits per heavy atom. The number of carbonyl (C=O) groups excluding carboxylic acids is 1. The van der Waals surface area contributed by atoms with Crippen LogP contribution in [0.4, 0.5) is 0 Å². The van der Waals surface area contributed by atoms with Gasteiger partial charge in [0, 0.05) is 29.8 Å². The minimum absolute atomic E-state index is 0.0945. The number of aliphatic hydroxyl groups excluding tert-OH is 1. The molecule has 5 atom stereocenters. The summed E-state index contributed by atoms with van der Waals surface area (Å²) in [5.41, 5.74) is 0.874. The minimum Gasteiger partial charge on any atom is -0.392 e. The number of alkyl halides is 1. The van der Waals surface area contributed by atoms with Crippen LogP contribution < -0.4 is 0 Å². The zero-order valence-electron chi connectivity index (χ0n) is 9.74. The van der Waals surface area contributed by atoms with Gasteiger partial charge in [0.05, 0.1) is 6.10 Å². The van der Waals surface area contributed by atoms with Crippen molar-refractivity contribution in [2.24, 2.45) is 22.7 Å². The van der Waals surface area contributed by atoms with Crippen LogP contribution in [0.3, 0.4) is 0 Å². The fourth-order valence-corrected chi connectivity index (χ4v) is 3.13. The smallest absolute Gasteiger partial charge is 0.165 e. The van der Waals surface area contributed by atoms with Gasteiger partial charge in [-0.15, -0.1) is 11.6 Å².